The van der Waals surface area contributed by atoms with Gasteiger partial charge in [0, 0.05) is 32.7 Å². The van der Waals surface area contributed by atoms with E-state index in [1.165, 1.54) is 0 Å². The van der Waals surface area contributed by atoms with E-state index < -0.39 is 5.97 Å². The maximum atomic E-state index is 12.9. The van der Waals surface area contributed by atoms with Gasteiger partial charge in [0.2, 0.25) is 0 Å². The molecule has 4 nitrogen and oxygen atoms in total. The van der Waals surface area contributed by atoms with Crippen LogP contribution in [-0.2, 0) is 11.3 Å². The minimum Gasteiger partial charge on any atom is -0.481 e. The minimum atomic E-state index is -0.756. The van der Waals surface area contributed by atoms with Crippen molar-refractivity contribution in [1.29, 1.82) is 0 Å². The highest BCUT2D eigenvalue weighted by molar-refractivity contribution is 9.10. The van der Waals surface area contributed by atoms with Crippen molar-refractivity contribution in [2.75, 3.05) is 0 Å². The smallest absolute Gasteiger partial charge is 0.303 e. The molecule has 130 valence electrons. The number of carbonyl (C=O) groups is 1. The maximum absolute atomic E-state index is 12.9. The summed E-state index contributed by atoms with van der Waals surface area (Å²) in [7, 11) is 0. The molecule has 1 aromatic heterocycles. The van der Waals surface area contributed by atoms with Crippen LogP contribution in [0.1, 0.15) is 25.7 Å². The molecule has 1 heterocycles. The second kappa shape index (κ2) is 7.70. The van der Waals surface area contributed by atoms with Crippen LogP contribution in [0.2, 0.25) is 0 Å². The molecule has 0 aliphatic carbocycles. The van der Waals surface area contributed by atoms with Gasteiger partial charge < -0.3 is 9.67 Å². The molecule has 0 spiro atoms. The SMILES string of the molecule is O=C(O)CCCCCn1c2ccc(Br)cc2c(=O)c2cc(Br)ccc21. The Balaban J connectivity index is 2.06. The second-order valence-electron chi connectivity index (χ2n) is 6.01. The molecule has 0 bridgehead atoms. The summed E-state index contributed by atoms with van der Waals surface area (Å²) in [5.41, 5.74) is 1.83. The molecule has 0 saturated carbocycles. The Morgan fingerprint density at radius 2 is 1.48 bits per heavy atom. The Morgan fingerprint density at radius 1 is 0.920 bits per heavy atom. The van der Waals surface area contributed by atoms with Crippen LogP contribution in [-0.4, -0.2) is 15.6 Å². The Bertz CT molecular complexity index is 945. The van der Waals surface area contributed by atoms with E-state index in [0.29, 0.717) is 17.2 Å². The second-order valence-corrected chi connectivity index (χ2v) is 7.84. The Labute approximate surface area is 161 Å². The molecule has 3 aromatic rings. The maximum Gasteiger partial charge on any atom is 0.303 e. The molecule has 0 aliphatic heterocycles. The molecule has 0 atom stereocenters. The molecule has 1 N–H and O–H groups in total. The first-order chi connectivity index (χ1) is 12.0. The first-order valence-corrected chi connectivity index (χ1v) is 9.69. The molecule has 0 unspecified atom stereocenters. The van der Waals surface area contributed by atoms with Crippen LogP contribution in [0.3, 0.4) is 0 Å². The number of halogens is 2. The Morgan fingerprint density at radius 3 is 2.00 bits per heavy atom. The van der Waals surface area contributed by atoms with E-state index in [4.69, 9.17) is 5.11 Å². The van der Waals surface area contributed by atoms with Crippen molar-refractivity contribution >= 4 is 59.6 Å². The van der Waals surface area contributed by atoms with Gasteiger partial charge >= 0.3 is 5.97 Å². The van der Waals surface area contributed by atoms with E-state index in [0.717, 1.165) is 39.4 Å². The minimum absolute atomic E-state index is 0.0229. The van der Waals surface area contributed by atoms with Crippen molar-refractivity contribution in [3.8, 4) is 0 Å². The summed E-state index contributed by atoms with van der Waals surface area (Å²) in [6.45, 7) is 0.746. The standard InChI is InChI=1S/C19H17Br2NO3/c20-12-5-7-16-14(10-12)19(25)15-11-13(21)6-8-17(15)22(16)9-3-1-2-4-18(23)24/h5-8,10-11H,1-4,9H2,(H,23,24). The number of aryl methyl sites for hydroxylation is 1. The van der Waals surface area contributed by atoms with Crippen LogP contribution in [0, 0.1) is 0 Å². The summed E-state index contributed by atoms with van der Waals surface area (Å²) in [4.78, 5) is 23.5. The summed E-state index contributed by atoms with van der Waals surface area (Å²) in [5.74, 6) is -0.756. The van der Waals surface area contributed by atoms with Gasteiger partial charge in [-0.2, -0.15) is 0 Å². The van der Waals surface area contributed by atoms with Gasteiger partial charge in [0.1, 0.15) is 0 Å². The highest BCUT2D eigenvalue weighted by atomic mass is 79.9. The van der Waals surface area contributed by atoms with E-state index in [9.17, 15) is 9.59 Å². The molecule has 0 fully saturated rings. The third-order valence-corrected chi connectivity index (χ3v) is 5.25. The number of benzene rings is 2. The van der Waals surface area contributed by atoms with Crippen LogP contribution in [0.4, 0.5) is 0 Å². The average molecular weight is 467 g/mol. The summed E-state index contributed by atoms with van der Waals surface area (Å²) < 4.78 is 3.91. The number of carboxylic acid groups (broad SMARTS) is 1. The van der Waals surface area contributed by atoms with Gasteiger partial charge in [-0.25, -0.2) is 0 Å². The molecule has 0 aliphatic rings. The highest BCUT2D eigenvalue weighted by Gasteiger charge is 2.11. The monoisotopic (exact) mass is 465 g/mol. The van der Waals surface area contributed by atoms with Crippen molar-refractivity contribution in [3.05, 3.63) is 55.6 Å². The zero-order valence-corrected chi connectivity index (χ0v) is 16.6. The number of pyridine rings is 1. The molecule has 0 saturated heterocycles. The third kappa shape index (κ3) is 3.96. The number of fused-ring (bicyclic) bond motifs is 2. The lowest BCUT2D eigenvalue weighted by molar-refractivity contribution is -0.137. The van der Waals surface area contributed by atoms with E-state index in [1.807, 2.05) is 36.4 Å². The predicted octanol–water partition coefficient (Wildman–Crippen LogP) is 5.32. The highest BCUT2D eigenvalue weighted by Crippen LogP contribution is 2.25. The summed E-state index contributed by atoms with van der Waals surface area (Å²) in [5, 5.41) is 10.1. The van der Waals surface area contributed by atoms with Gasteiger partial charge in [-0.1, -0.05) is 38.3 Å². The molecule has 25 heavy (non-hydrogen) atoms. The average Bonchev–Trinajstić information content (AvgIpc) is 2.57. The molecular formula is C19H17Br2NO3. The molecule has 0 amide bonds. The zero-order chi connectivity index (χ0) is 18.0. The Kier molecular flexibility index (Phi) is 5.59. The lowest BCUT2D eigenvalue weighted by Crippen LogP contribution is -2.12. The van der Waals surface area contributed by atoms with E-state index in [-0.39, 0.29) is 11.8 Å². The first-order valence-electron chi connectivity index (χ1n) is 8.10. The lowest BCUT2D eigenvalue weighted by Gasteiger charge is -2.15. The van der Waals surface area contributed by atoms with Crippen LogP contribution in [0.5, 0.6) is 0 Å². The van der Waals surface area contributed by atoms with Crippen molar-refractivity contribution in [2.45, 2.75) is 32.2 Å². The van der Waals surface area contributed by atoms with Crippen molar-refractivity contribution in [1.82, 2.24) is 4.57 Å². The summed E-state index contributed by atoms with van der Waals surface area (Å²) in [6, 6.07) is 11.5. The van der Waals surface area contributed by atoms with Gasteiger partial charge in [0.15, 0.2) is 5.43 Å². The van der Waals surface area contributed by atoms with Gasteiger partial charge in [0.25, 0.3) is 0 Å². The van der Waals surface area contributed by atoms with Gasteiger partial charge in [-0.15, -0.1) is 0 Å². The first kappa shape index (κ1) is 18.1. The molecule has 3 rings (SSSR count). The van der Waals surface area contributed by atoms with Crippen LogP contribution >= 0.6 is 31.9 Å². The number of aliphatic carboxylic acids is 1. The lowest BCUT2D eigenvalue weighted by atomic mass is 10.1. The van der Waals surface area contributed by atoms with E-state index in [1.54, 1.807) is 0 Å². The van der Waals surface area contributed by atoms with Crippen molar-refractivity contribution in [3.63, 3.8) is 0 Å². The number of unbranched alkanes of at least 4 members (excludes halogenated alkanes) is 2. The molecule has 2 aromatic carbocycles. The van der Waals surface area contributed by atoms with E-state index in [2.05, 4.69) is 36.4 Å². The molecule has 6 heteroatoms. The summed E-state index contributed by atoms with van der Waals surface area (Å²) in [6.07, 6.45) is 2.58. The van der Waals surface area contributed by atoms with Crippen LogP contribution in [0.25, 0.3) is 21.8 Å². The van der Waals surface area contributed by atoms with E-state index >= 15 is 0 Å². The summed E-state index contributed by atoms with van der Waals surface area (Å²) >= 11 is 6.89. The number of nitrogens with zero attached hydrogens (tertiary/aromatic N) is 1. The van der Waals surface area contributed by atoms with Crippen LogP contribution < -0.4 is 5.43 Å². The van der Waals surface area contributed by atoms with Crippen molar-refractivity contribution < 1.29 is 9.90 Å². The molecule has 0 radical (unpaired) electrons. The normalized spacial score (nSPS) is 11.3. The Hall–Kier alpha value is -1.66. The zero-order valence-electron chi connectivity index (χ0n) is 13.5. The van der Waals surface area contributed by atoms with Gasteiger partial charge in [-0.3, -0.25) is 9.59 Å². The van der Waals surface area contributed by atoms with Crippen molar-refractivity contribution in [2.24, 2.45) is 0 Å². The number of hydrogen-bond donors (Lipinski definition) is 1. The number of hydrogen-bond acceptors (Lipinski definition) is 2. The predicted molar refractivity (Wildman–Crippen MR) is 107 cm³/mol. The molecular weight excluding hydrogens is 450 g/mol. The fourth-order valence-corrected chi connectivity index (χ4v) is 3.81. The number of aromatic nitrogens is 1. The fourth-order valence-electron chi connectivity index (χ4n) is 3.09. The quantitative estimate of drug-likeness (QED) is 0.394. The van der Waals surface area contributed by atoms with Gasteiger partial charge in [-0.05, 0) is 49.2 Å². The number of carboxylic acids is 1. The number of rotatable bonds is 6. The topological polar surface area (TPSA) is 59.3 Å². The third-order valence-electron chi connectivity index (χ3n) is 4.26. The largest absolute Gasteiger partial charge is 0.481 e. The van der Waals surface area contributed by atoms with Gasteiger partial charge in [0.05, 0.1) is 11.0 Å². The van der Waals surface area contributed by atoms with Crippen LogP contribution in [0.15, 0.2) is 50.1 Å². The fraction of sp³-hybridized carbons (Fsp3) is 0.263.